The number of phosphoric acid groups is 1. The summed E-state index contributed by atoms with van der Waals surface area (Å²) in [5.74, 6) is 0. The van der Waals surface area contributed by atoms with Crippen LogP contribution >= 0.6 is 19.7 Å². The Kier molecular flexibility index (Phi) is 5.37. The molecule has 4 nitrogen and oxygen atoms in total. The van der Waals surface area contributed by atoms with E-state index in [1.54, 1.807) is 27.7 Å². The van der Waals surface area contributed by atoms with Crippen LogP contribution in [-0.4, -0.2) is 12.2 Å². The lowest BCUT2D eigenvalue weighted by Crippen LogP contribution is -2.07. The van der Waals surface area contributed by atoms with E-state index in [0.29, 0.717) is 0 Å². The molecule has 0 rings (SSSR count). The van der Waals surface area contributed by atoms with Crippen LogP contribution in [0.3, 0.4) is 0 Å². The smallest absolute Gasteiger partial charge is 0.283 e. The van der Waals surface area contributed by atoms with Gasteiger partial charge in [0.1, 0.15) is 0 Å². The molecule has 0 amide bonds. The van der Waals surface area contributed by atoms with E-state index in [1.807, 2.05) is 0 Å². The van der Waals surface area contributed by atoms with Gasteiger partial charge >= 0.3 is 7.82 Å². The van der Waals surface area contributed by atoms with Crippen molar-refractivity contribution in [2.75, 3.05) is 0 Å². The third kappa shape index (κ3) is 5.12. The molecule has 12 heavy (non-hydrogen) atoms. The van der Waals surface area contributed by atoms with Gasteiger partial charge in [-0.05, 0) is 27.7 Å². The normalized spacial score (nSPS) is 12.9. The van der Waals surface area contributed by atoms with Crippen molar-refractivity contribution in [3.05, 3.63) is 0 Å². The van der Waals surface area contributed by atoms with Crippen LogP contribution in [0.4, 0.5) is 0 Å². The molecule has 0 saturated heterocycles. The van der Waals surface area contributed by atoms with Crippen LogP contribution < -0.4 is 0 Å². The highest BCUT2D eigenvalue weighted by Crippen LogP contribution is 2.52. The lowest BCUT2D eigenvalue weighted by molar-refractivity contribution is 0.106. The number of halogens is 1. The standard InChI is InChI=1S/C6H14ClO4P/c1-5(2)9-12(8,11-7)10-6(3)4/h5-6H,1-4H3. The van der Waals surface area contributed by atoms with E-state index in [9.17, 15) is 4.57 Å². The highest BCUT2D eigenvalue weighted by Gasteiger charge is 2.29. The van der Waals surface area contributed by atoms with Crippen molar-refractivity contribution < 1.29 is 17.7 Å². The maximum Gasteiger partial charge on any atom is 0.491 e. The second kappa shape index (κ2) is 5.20. The second-order valence-corrected chi connectivity index (χ2v) is 4.69. The van der Waals surface area contributed by atoms with Crippen LogP contribution in [0.25, 0.3) is 0 Å². The molecule has 0 aromatic heterocycles. The zero-order chi connectivity index (χ0) is 9.78. The first-order chi connectivity index (χ1) is 5.39. The van der Waals surface area contributed by atoms with E-state index in [4.69, 9.17) is 20.9 Å². The molecule has 0 bridgehead atoms. The van der Waals surface area contributed by atoms with Crippen molar-refractivity contribution >= 4 is 19.7 Å². The van der Waals surface area contributed by atoms with Crippen molar-refractivity contribution in [3.63, 3.8) is 0 Å². The molecule has 0 unspecified atom stereocenters. The van der Waals surface area contributed by atoms with E-state index in [-0.39, 0.29) is 12.2 Å². The summed E-state index contributed by atoms with van der Waals surface area (Å²) in [7, 11) is -3.55. The van der Waals surface area contributed by atoms with E-state index >= 15 is 0 Å². The summed E-state index contributed by atoms with van der Waals surface area (Å²) >= 11 is 4.98. The van der Waals surface area contributed by atoms with E-state index in [2.05, 4.69) is 4.08 Å². The molecule has 74 valence electrons. The minimum absolute atomic E-state index is 0.256. The van der Waals surface area contributed by atoms with Crippen LogP contribution in [0.1, 0.15) is 27.7 Å². The molecule has 0 aromatic rings. The Balaban J connectivity index is 4.15. The zero-order valence-corrected chi connectivity index (χ0v) is 9.26. The Morgan fingerprint density at radius 3 is 1.58 bits per heavy atom. The molecular weight excluding hydrogens is 202 g/mol. The van der Waals surface area contributed by atoms with Gasteiger partial charge in [-0.25, -0.2) is 4.57 Å². The highest BCUT2D eigenvalue weighted by atomic mass is 35.5. The molecule has 0 heterocycles. The minimum atomic E-state index is -3.55. The molecule has 0 aliphatic rings. The number of rotatable bonds is 5. The molecule has 0 radical (unpaired) electrons. The van der Waals surface area contributed by atoms with Crippen LogP contribution in [0, 0.1) is 0 Å². The predicted molar refractivity (Wildman–Crippen MR) is 47.0 cm³/mol. The quantitative estimate of drug-likeness (QED) is 0.663. The van der Waals surface area contributed by atoms with Gasteiger partial charge < -0.3 is 0 Å². The van der Waals surface area contributed by atoms with Crippen molar-refractivity contribution in [2.24, 2.45) is 0 Å². The summed E-state index contributed by atoms with van der Waals surface area (Å²) in [6.45, 7) is 6.86. The molecular formula is C6H14ClO4P. The van der Waals surface area contributed by atoms with Crippen molar-refractivity contribution in [1.82, 2.24) is 0 Å². The van der Waals surface area contributed by atoms with Gasteiger partial charge in [-0.1, -0.05) is 0 Å². The number of hydrogen-bond acceptors (Lipinski definition) is 4. The lowest BCUT2D eigenvalue weighted by atomic mass is 10.5. The maximum atomic E-state index is 11.4. The fourth-order valence-electron chi connectivity index (χ4n) is 0.574. The molecule has 0 aliphatic heterocycles. The Hall–Kier alpha value is 0.400. The molecule has 0 aliphatic carbocycles. The van der Waals surface area contributed by atoms with Gasteiger partial charge in [-0.3, -0.25) is 9.05 Å². The molecule has 0 saturated carbocycles. The van der Waals surface area contributed by atoms with Crippen molar-refractivity contribution in [3.8, 4) is 0 Å². The topological polar surface area (TPSA) is 44.8 Å². The third-order valence-corrected chi connectivity index (χ3v) is 2.80. The average Bonchev–Trinajstić information content (AvgIpc) is 1.83. The summed E-state index contributed by atoms with van der Waals surface area (Å²) < 4.78 is 25.3. The Labute approximate surface area is 77.9 Å². The Morgan fingerprint density at radius 1 is 1.08 bits per heavy atom. The summed E-state index contributed by atoms with van der Waals surface area (Å²) in [6, 6.07) is 0. The summed E-state index contributed by atoms with van der Waals surface area (Å²) in [5, 5.41) is 0. The Bertz CT molecular complexity index is 157. The molecule has 0 fully saturated rings. The van der Waals surface area contributed by atoms with Crippen LogP contribution in [0.2, 0.25) is 0 Å². The van der Waals surface area contributed by atoms with Crippen molar-refractivity contribution in [1.29, 1.82) is 0 Å². The number of hydrogen-bond donors (Lipinski definition) is 0. The van der Waals surface area contributed by atoms with Gasteiger partial charge in [0, 0.05) is 0 Å². The summed E-state index contributed by atoms with van der Waals surface area (Å²) in [5.41, 5.74) is 0. The largest absolute Gasteiger partial charge is 0.491 e. The van der Waals surface area contributed by atoms with Gasteiger partial charge in [0.15, 0.2) is 0 Å². The first kappa shape index (κ1) is 12.4. The third-order valence-electron chi connectivity index (χ3n) is 0.764. The molecule has 6 heteroatoms. The van der Waals surface area contributed by atoms with E-state index < -0.39 is 7.82 Å². The predicted octanol–water partition coefficient (Wildman–Crippen LogP) is 3.11. The summed E-state index contributed by atoms with van der Waals surface area (Å²) in [6.07, 6.45) is -0.512. The second-order valence-electron chi connectivity index (χ2n) is 2.82. The molecule has 0 aromatic carbocycles. The lowest BCUT2D eigenvalue weighted by Gasteiger charge is -2.18. The number of phosphoric ester groups is 1. The molecule has 0 spiro atoms. The first-order valence-electron chi connectivity index (χ1n) is 3.67. The van der Waals surface area contributed by atoms with Gasteiger partial charge in [-0.2, -0.15) is 4.08 Å². The highest BCUT2D eigenvalue weighted by molar-refractivity contribution is 7.49. The van der Waals surface area contributed by atoms with Crippen molar-refractivity contribution in [2.45, 2.75) is 39.9 Å². The van der Waals surface area contributed by atoms with Gasteiger partial charge in [0.25, 0.3) is 0 Å². The van der Waals surface area contributed by atoms with Gasteiger partial charge in [0.2, 0.25) is 0 Å². The minimum Gasteiger partial charge on any atom is -0.283 e. The van der Waals surface area contributed by atoms with Gasteiger partial charge in [0.05, 0.1) is 24.1 Å². The Morgan fingerprint density at radius 2 is 1.42 bits per heavy atom. The van der Waals surface area contributed by atoms with Gasteiger partial charge in [-0.15, -0.1) is 0 Å². The summed E-state index contributed by atoms with van der Waals surface area (Å²) in [4.78, 5) is 0. The SMILES string of the molecule is CC(C)OP(=O)(OCl)OC(C)C. The fourth-order valence-corrected chi connectivity index (χ4v) is 1.92. The fraction of sp³-hybridized carbons (Fsp3) is 1.00. The maximum absolute atomic E-state index is 11.4. The monoisotopic (exact) mass is 216 g/mol. The first-order valence-corrected chi connectivity index (χ1v) is 5.43. The van der Waals surface area contributed by atoms with Crippen LogP contribution in [-0.2, 0) is 17.7 Å². The average molecular weight is 217 g/mol. The van der Waals surface area contributed by atoms with Crippen LogP contribution in [0.15, 0.2) is 0 Å². The zero-order valence-electron chi connectivity index (χ0n) is 7.61. The van der Waals surface area contributed by atoms with Crippen LogP contribution in [0.5, 0.6) is 0 Å². The van der Waals surface area contributed by atoms with E-state index in [0.717, 1.165) is 0 Å². The molecule has 0 atom stereocenters. The molecule has 0 N–H and O–H groups in total. The van der Waals surface area contributed by atoms with E-state index in [1.165, 1.54) is 0 Å².